The second-order valence-electron chi connectivity index (χ2n) is 5.35. The van der Waals surface area contributed by atoms with Crippen molar-refractivity contribution in [3.63, 3.8) is 0 Å². The fourth-order valence-corrected chi connectivity index (χ4v) is 2.69. The summed E-state index contributed by atoms with van der Waals surface area (Å²) in [5.74, 6) is 0.908. The Labute approximate surface area is 125 Å². The largest absolute Gasteiger partial charge is 0.496 e. The number of aryl methyl sites for hydroxylation is 1. The van der Waals surface area contributed by atoms with E-state index in [1.165, 1.54) is 16.5 Å². The van der Waals surface area contributed by atoms with Gasteiger partial charge in [-0.2, -0.15) is 0 Å². The zero-order chi connectivity index (χ0) is 15.0. The Morgan fingerprint density at radius 3 is 2.67 bits per heavy atom. The van der Waals surface area contributed by atoms with Gasteiger partial charge < -0.3 is 9.72 Å². The van der Waals surface area contributed by atoms with Crippen molar-refractivity contribution in [2.75, 3.05) is 7.11 Å². The van der Waals surface area contributed by atoms with Crippen LogP contribution >= 0.6 is 0 Å². The number of ether oxygens (including phenoxy) is 1. The predicted octanol–water partition coefficient (Wildman–Crippen LogP) is 4.85. The molecule has 0 aliphatic carbocycles. The fraction of sp³-hybridized carbons (Fsp3) is 0.158. The lowest BCUT2D eigenvalue weighted by Gasteiger charge is -2.12. The lowest BCUT2D eigenvalue weighted by atomic mass is 9.95. The monoisotopic (exact) mass is 277 g/mol. The number of hydrogen-bond acceptors (Lipinski definition) is 1. The molecule has 0 fully saturated rings. The fourth-order valence-electron chi connectivity index (χ4n) is 2.69. The van der Waals surface area contributed by atoms with E-state index in [4.69, 9.17) is 4.74 Å². The number of aromatic nitrogens is 1. The first kappa shape index (κ1) is 13.5. The molecule has 0 spiro atoms. The van der Waals surface area contributed by atoms with Crippen LogP contribution in [0.2, 0.25) is 0 Å². The highest BCUT2D eigenvalue weighted by Crippen LogP contribution is 2.32. The van der Waals surface area contributed by atoms with E-state index in [1.54, 1.807) is 7.11 Å². The van der Waals surface area contributed by atoms with Gasteiger partial charge in [-0.15, -0.1) is 0 Å². The van der Waals surface area contributed by atoms with Gasteiger partial charge >= 0.3 is 0 Å². The summed E-state index contributed by atoms with van der Waals surface area (Å²) in [5.41, 5.74) is 6.76. The molecule has 3 rings (SSSR count). The molecule has 2 aromatic carbocycles. The number of aromatic amines is 1. The van der Waals surface area contributed by atoms with Gasteiger partial charge in [-0.3, -0.25) is 0 Å². The zero-order valence-corrected chi connectivity index (χ0v) is 12.7. The molecule has 2 nitrogen and oxygen atoms in total. The second kappa shape index (κ2) is 5.13. The van der Waals surface area contributed by atoms with Crippen LogP contribution in [-0.2, 0) is 0 Å². The van der Waals surface area contributed by atoms with Crippen LogP contribution in [0.1, 0.15) is 22.3 Å². The molecular weight excluding hydrogens is 258 g/mol. The Bertz CT molecular complexity index is 827. The SMILES string of the molecule is C=C(c1cc(C)c(C)c(OC)c1)c1c[nH]c2ccccc12. The minimum absolute atomic E-state index is 0.908. The number of nitrogens with one attached hydrogen (secondary N) is 1. The Morgan fingerprint density at radius 1 is 1.14 bits per heavy atom. The van der Waals surface area contributed by atoms with E-state index in [-0.39, 0.29) is 0 Å². The Hall–Kier alpha value is -2.48. The van der Waals surface area contributed by atoms with Crippen LogP contribution in [0.15, 0.2) is 49.2 Å². The van der Waals surface area contributed by atoms with E-state index in [1.807, 2.05) is 18.3 Å². The normalized spacial score (nSPS) is 10.8. The molecule has 0 amide bonds. The van der Waals surface area contributed by atoms with E-state index < -0.39 is 0 Å². The second-order valence-corrected chi connectivity index (χ2v) is 5.35. The van der Waals surface area contributed by atoms with Gasteiger partial charge in [-0.25, -0.2) is 0 Å². The van der Waals surface area contributed by atoms with Crippen molar-refractivity contribution in [2.24, 2.45) is 0 Å². The van der Waals surface area contributed by atoms with E-state index in [9.17, 15) is 0 Å². The van der Waals surface area contributed by atoms with E-state index in [0.717, 1.165) is 28.0 Å². The minimum Gasteiger partial charge on any atom is -0.496 e. The molecule has 0 unspecified atom stereocenters. The molecule has 0 atom stereocenters. The van der Waals surface area contributed by atoms with Gasteiger partial charge in [-0.1, -0.05) is 30.8 Å². The number of rotatable bonds is 3. The summed E-state index contributed by atoms with van der Waals surface area (Å²) in [6.45, 7) is 8.47. The number of fused-ring (bicyclic) bond motifs is 1. The van der Waals surface area contributed by atoms with Gasteiger partial charge in [0.15, 0.2) is 0 Å². The molecule has 0 aliphatic rings. The standard InChI is InChI=1S/C19H19NO/c1-12-9-15(10-19(21-4)13(12)2)14(3)17-11-20-18-8-6-5-7-16(17)18/h5-11,20H,3H2,1-2,4H3. The minimum atomic E-state index is 0.908. The third-order valence-corrected chi connectivity index (χ3v) is 4.10. The van der Waals surface area contributed by atoms with Gasteiger partial charge in [-0.05, 0) is 48.2 Å². The summed E-state index contributed by atoms with van der Waals surface area (Å²) >= 11 is 0. The molecule has 1 heterocycles. The van der Waals surface area contributed by atoms with Gasteiger partial charge in [0.25, 0.3) is 0 Å². The number of methoxy groups -OCH3 is 1. The van der Waals surface area contributed by atoms with E-state index in [2.05, 4.69) is 49.7 Å². The molecule has 0 aliphatic heterocycles. The molecule has 3 aromatic rings. The van der Waals surface area contributed by atoms with Crippen molar-refractivity contribution in [3.8, 4) is 5.75 Å². The van der Waals surface area contributed by atoms with Crippen molar-refractivity contribution in [1.82, 2.24) is 4.98 Å². The first-order valence-corrected chi connectivity index (χ1v) is 7.03. The Kier molecular flexibility index (Phi) is 3.30. The number of hydrogen-bond donors (Lipinski definition) is 1. The molecule has 1 aromatic heterocycles. The van der Waals surface area contributed by atoms with Crippen LogP contribution in [0.3, 0.4) is 0 Å². The summed E-state index contributed by atoms with van der Waals surface area (Å²) < 4.78 is 5.47. The molecule has 0 saturated carbocycles. The van der Waals surface area contributed by atoms with Crippen molar-refractivity contribution in [3.05, 3.63) is 71.4 Å². The highest BCUT2D eigenvalue weighted by molar-refractivity contribution is 5.96. The Balaban J connectivity index is 2.12. The van der Waals surface area contributed by atoms with Crippen molar-refractivity contribution >= 4 is 16.5 Å². The maximum atomic E-state index is 5.47. The summed E-state index contributed by atoms with van der Waals surface area (Å²) in [7, 11) is 1.71. The molecule has 0 bridgehead atoms. The van der Waals surface area contributed by atoms with Crippen LogP contribution in [0, 0.1) is 13.8 Å². The topological polar surface area (TPSA) is 25.0 Å². The zero-order valence-electron chi connectivity index (χ0n) is 12.7. The predicted molar refractivity (Wildman–Crippen MR) is 88.9 cm³/mol. The molecule has 106 valence electrons. The van der Waals surface area contributed by atoms with Crippen molar-refractivity contribution in [1.29, 1.82) is 0 Å². The average Bonchev–Trinajstić information content (AvgIpc) is 2.93. The third kappa shape index (κ3) is 2.23. The molecule has 2 heteroatoms. The summed E-state index contributed by atoms with van der Waals surface area (Å²) in [4.78, 5) is 3.30. The molecule has 0 saturated heterocycles. The molecule has 1 N–H and O–H groups in total. The maximum Gasteiger partial charge on any atom is 0.122 e. The first-order chi connectivity index (χ1) is 10.1. The summed E-state index contributed by atoms with van der Waals surface area (Å²) in [6.07, 6.45) is 2.02. The Morgan fingerprint density at radius 2 is 1.90 bits per heavy atom. The third-order valence-electron chi connectivity index (χ3n) is 4.10. The van der Waals surface area contributed by atoms with Crippen molar-refractivity contribution < 1.29 is 4.74 Å². The van der Waals surface area contributed by atoms with E-state index in [0.29, 0.717) is 0 Å². The van der Waals surface area contributed by atoms with Crippen LogP contribution < -0.4 is 4.74 Å². The lowest BCUT2D eigenvalue weighted by molar-refractivity contribution is 0.411. The lowest BCUT2D eigenvalue weighted by Crippen LogP contribution is -1.94. The van der Waals surface area contributed by atoms with Crippen molar-refractivity contribution in [2.45, 2.75) is 13.8 Å². The molecular formula is C19H19NO. The van der Waals surface area contributed by atoms with Gasteiger partial charge in [0.1, 0.15) is 5.75 Å². The highest BCUT2D eigenvalue weighted by Gasteiger charge is 2.11. The van der Waals surface area contributed by atoms with Crippen LogP contribution in [0.25, 0.3) is 16.5 Å². The average molecular weight is 277 g/mol. The number of benzene rings is 2. The first-order valence-electron chi connectivity index (χ1n) is 7.03. The number of para-hydroxylation sites is 1. The molecule has 0 radical (unpaired) electrons. The van der Waals surface area contributed by atoms with Gasteiger partial charge in [0, 0.05) is 22.7 Å². The highest BCUT2D eigenvalue weighted by atomic mass is 16.5. The van der Waals surface area contributed by atoms with Crippen LogP contribution in [-0.4, -0.2) is 12.1 Å². The van der Waals surface area contributed by atoms with Crippen LogP contribution in [0.4, 0.5) is 0 Å². The summed E-state index contributed by atoms with van der Waals surface area (Å²) in [6, 6.07) is 12.5. The van der Waals surface area contributed by atoms with E-state index >= 15 is 0 Å². The number of H-pyrrole nitrogens is 1. The maximum absolute atomic E-state index is 5.47. The quantitative estimate of drug-likeness (QED) is 0.727. The smallest absolute Gasteiger partial charge is 0.122 e. The van der Waals surface area contributed by atoms with Gasteiger partial charge in [0.2, 0.25) is 0 Å². The summed E-state index contributed by atoms with van der Waals surface area (Å²) in [5, 5.41) is 1.19. The molecule has 21 heavy (non-hydrogen) atoms. The van der Waals surface area contributed by atoms with Gasteiger partial charge in [0.05, 0.1) is 7.11 Å². The van der Waals surface area contributed by atoms with Crippen LogP contribution in [0.5, 0.6) is 5.75 Å².